The smallest absolute Gasteiger partial charge is 0.335 e. The van der Waals surface area contributed by atoms with Crippen molar-refractivity contribution in [2.75, 3.05) is 13.6 Å². The second-order valence-corrected chi connectivity index (χ2v) is 11.3. The number of likely N-dealkylation sites (tertiary alicyclic amines) is 1. The number of carboxylic acid groups (broad SMARTS) is 1. The molecule has 2 aromatic rings. The van der Waals surface area contributed by atoms with E-state index in [1.54, 1.807) is 24.3 Å². The van der Waals surface area contributed by atoms with E-state index < -0.39 is 5.97 Å². The summed E-state index contributed by atoms with van der Waals surface area (Å²) >= 11 is 0. The molecule has 0 spiro atoms. The maximum Gasteiger partial charge on any atom is 0.335 e. The van der Waals surface area contributed by atoms with Gasteiger partial charge in [-0.1, -0.05) is 25.5 Å². The first-order chi connectivity index (χ1) is 18.2. The molecule has 1 saturated heterocycles. The highest BCUT2D eigenvalue weighted by molar-refractivity contribution is 5.91. The van der Waals surface area contributed by atoms with Crippen molar-refractivity contribution in [3.8, 4) is 16.9 Å². The summed E-state index contributed by atoms with van der Waals surface area (Å²) in [6.45, 7) is 7.71. The van der Waals surface area contributed by atoms with Gasteiger partial charge in [0.15, 0.2) is 0 Å². The Morgan fingerprint density at radius 3 is 2.24 bits per heavy atom. The molecular formula is C32H44FNO4. The lowest BCUT2D eigenvalue weighted by Gasteiger charge is -2.29. The Balaban J connectivity index is 0.000000277. The number of benzene rings is 2. The first-order valence-electron chi connectivity index (χ1n) is 14.2. The molecule has 3 fully saturated rings. The summed E-state index contributed by atoms with van der Waals surface area (Å²) in [4.78, 5) is 23.1. The van der Waals surface area contributed by atoms with Crippen molar-refractivity contribution in [3.05, 3.63) is 53.3 Å². The van der Waals surface area contributed by atoms with Crippen LogP contribution in [0.3, 0.4) is 0 Å². The Labute approximate surface area is 227 Å². The zero-order chi connectivity index (χ0) is 27.7. The molecule has 0 radical (unpaired) electrons. The van der Waals surface area contributed by atoms with Gasteiger partial charge in [0.2, 0.25) is 0 Å². The monoisotopic (exact) mass is 525 g/mol. The van der Waals surface area contributed by atoms with Gasteiger partial charge in [-0.25, -0.2) is 9.18 Å². The maximum absolute atomic E-state index is 14.6. The van der Waals surface area contributed by atoms with E-state index >= 15 is 0 Å². The molecule has 38 heavy (non-hydrogen) atoms. The second-order valence-electron chi connectivity index (χ2n) is 11.3. The number of carbonyl (C=O) groups excluding carboxylic acids is 1. The highest BCUT2D eigenvalue weighted by Crippen LogP contribution is 2.45. The Hall–Kier alpha value is -2.73. The molecule has 1 heterocycles. The summed E-state index contributed by atoms with van der Waals surface area (Å²) in [5.74, 6) is -0.327. The number of ether oxygens (including phenoxy) is 1. The molecule has 5 rings (SSSR count). The van der Waals surface area contributed by atoms with E-state index in [-0.39, 0.29) is 23.4 Å². The Kier molecular flexibility index (Phi) is 10.9. The fourth-order valence-electron chi connectivity index (χ4n) is 5.29. The quantitative estimate of drug-likeness (QED) is 0.389. The molecule has 0 atom stereocenters. The summed E-state index contributed by atoms with van der Waals surface area (Å²) in [7, 11) is 2.20. The Bertz CT molecular complexity index is 1070. The number of rotatable bonds is 6. The lowest BCUT2D eigenvalue weighted by atomic mass is 9.76. The third-order valence-electron chi connectivity index (χ3n) is 8.16. The molecular weight excluding hydrogens is 481 g/mol. The Morgan fingerprint density at radius 2 is 1.76 bits per heavy atom. The van der Waals surface area contributed by atoms with Crippen LogP contribution in [0.5, 0.6) is 5.75 Å². The number of hydrogen-bond acceptors (Lipinski definition) is 4. The average molecular weight is 526 g/mol. The first kappa shape index (κ1) is 29.8. The van der Waals surface area contributed by atoms with Crippen LogP contribution in [0.25, 0.3) is 11.1 Å². The van der Waals surface area contributed by atoms with Crippen LogP contribution in [-0.4, -0.2) is 47.5 Å². The number of halogens is 1. The number of hydrogen-bond donors (Lipinski definition) is 1. The van der Waals surface area contributed by atoms with E-state index in [0.717, 1.165) is 56.8 Å². The Morgan fingerprint density at radius 1 is 1.08 bits per heavy atom. The topological polar surface area (TPSA) is 66.8 Å². The predicted molar refractivity (Wildman–Crippen MR) is 151 cm³/mol. The summed E-state index contributed by atoms with van der Waals surface area (Å²) in [5, 5.41) is 9.41. The third-order valence-corrected chi connectivity index (χ3v) is 8.16. The molecule has 1 N–H and O–H groups in total. The largest absolute Gasteiger partial charge is 0.490 e. The van der Waals surface area contributed by atoms with Gasteiger partial charge in [0.05, 0.1) is 11.7 Å². The highest BCUT2D eigenvalue weighted by atomic mass is 19.1. The number of aldehydes is 1. The van der Waals surface area contributed by atoms with Gasteiger partial charge >= 0.3 is 5.97 Å². The average Bonchev–Trinajstić information content (AvgIpc) is 3.48. The molecule has 2 aliphatic carbocycles. The van der Waals surface area contributed by atoms with Crippen LogP contribution < -0.4 is 4.74 Å². The van der Waals surface area contributed by atoms with Crippen molar-refractivity contribution < 1.29 is 23.8 Å². The molecule has 208 valence electrons. The van der Waals surface area contributed by atoms with Crippen LogP contribution in [0.2, 0.25) is 0 Å². The zero-order valence-corrected chi connectivity index (χ0v) is 23.5. The van der Waals surface area contributed by atoms with Gasteiger partial charge in [0.1, 0.15) is 17.9 Å². The van der Waals surface area contributed by atoms with Crippen molar-refractivity contribution in [3.63, 3.8) is 0 Å². The molecule has 0 bridgehead atoms. The first-order valence-corrected chi connectivity index (χ1v) is 14.2. The fourth-order valence-corrected chi connectivity index (χ4v) is 5.29. The summed E-state index contributed by atoms with van der Waals surface area (Å²) in [6, 6.07) is 10.0. The van der Waals surface area contributed by atoms with Gasteiger partial charge < -0.3 is 19.5 Å². The molecule has 6 heteroatoms. The van der Waals surface area contributed by atoms with E-state index in [2.05, 4.69) is 25.8 Å². The minimum Gasteiger partial charge on any atom is -0.490 e. The molecule has 2 saturated carbocycles. The van der Waals surface area contributed by atoms with Gasteiger partial charge in [-0.15, -0.1) is 0 Å². The lowest BCUT2D eigenvalue weighted by Crippen LogP contribution is -2.34. The molecule has 5 nitrogen and oxygen atoms in total. The number of nitrogens with zero attached hydrogens (tertiary/aromatic N) is 1. The minimum absolute atomic E-state index is 0.158. The van der Waals surface area contributed by atoms with Crippen LogP contribution in [0.4, 0.5) is 4.39 Å². The molecule has 3 aliphatic rings. The lowest BCUT2D eigenvalue weighted by molar-refractivity contribution is -0.107. The second kappa shape index (κ2) is 13.9. The van der Waals surface area contributed by atoms with E-state index in [0.29, 0.717) is 28.8 Å². The number of aromatic carboxylic acids is 1. The molecule has 0 unspecified atom stereocenters. The van der Waals surface area contributed by atoms with E-state index in [1.807, 2.05) is 13.0 Å². The summed E-state index contributed by atoms with van der Waals surface area (Å²) < 4.78 is 20.9. The molecule has 0 amide bonds. The third kappa shape index (κ3) is 7.66. The van der Waals surface area contributed by atoms with Gasteiger partial charge in [-0.3, -0.25) is 0 Å². The van der Waals surface area contributed by atoms with Crippen LogP contribution in [0.15, 0.2) is 36.4 Å². The van der Waals surface area contributed by atoms with Crippen LogP contribution in [-0.2, 0) is 4.79 Å². The number of carboxylic acids is 1. The number of carbonyl (C=O) groups is 2. The van der Waals surface area contributed by atoms with E-state index in [1.165, 1.54) is 25.5 Å². The van der Waals surface area contributed by atoms with Crippen LogP contribution in [0, 0.1) is 5.82 Å². The maximum atomic E-state index is 14.6. The molecule has 2 aromatic carbocycles. The van der Waals surface area contributed by atoms with Crippen molar-refractivity contribution in [1.29, 1.82) is 0 Å². The zero-order valence-electron chi connectivity index (χ0n) is 23.5. The van der Waals surface area contributed by atoms with E-state index in [9.17, 15) is 19.1 Å². The van der Waals surface area contributed by atoms with Crippen molar-refractivity contribution in [2.45, 2.75) is 103 Å². The van der Waals surface area contributed by atoms with Crippen molar-refractivity contribution >= 4 is 12.3 Å². The molecule has 0 aromatic heterocycles. The van der Waals surface area contributed by atoms with Gasteiger partial charge in [-0.05, 0) is 120 Å². The SMILES string of the molecule is CCC=O.CN1CCCC1(C)C.O=C(O)c1ccc(OC2CCCC2)c(-c2cccc(F)c2C2CCC2)c1. The van der Waals surface area contributed by atoms with Crippen molar-refractivity contribution in [1.82, 2.24) is 4.90 Å². The predicted octanol–water partition coefficient (Wildman–Crippen LogP) is 7.87. The van der Waals surface area contributed by atoms with Crippen LogP contribution in [0.1, 0.15) is 107 Å². The van der Waals surface area contributed by atoms with E-state index in [4.69, 9.17) is 4.74 Å². The summed E-state index contributed by atoms with van der Waals surface area (Å²) in [6.07, 6.45) is 11.8. The summed E-state index contributed by atoms with van der Waals surface area (Å²) in [5.41, 5.74) is 2.85. The minimum atomic E-state index is -0.986. The highest BCUT2D eigenvalue weighted by Gasteiger charge is 2.29. The standard InChI is InChI=1S/C22H23FO3.C7H15N.C3H6O/c23-19-10-4-9-17(21(19)14-5-3-6-14)18-13-15(22(24)25)11-12-20(18)26-16-7-1-2-8-16;1-7(2)5-4-6-8(7)3;1-2-3-4/h4,9-14,16H,1-3,5-8H2,(H,24,25);4-6H2,1-3H3;3H,2H2,1H3. The van der Waals surface area contributed by atoms with Crippen LogP contribution >= 0.6 is 0 Å². The van der Waals surface area contributed by atoms with Crippen molar-refractivity contribution in [2.24, 2.45) is 0 Å². The normalized spacial score (nSPS) is 19.0. The molecule has 1 aliphatic heterocycles. The van der Waals surface area contributed by atoms with Gasteiger partial charge in [0.25, 0.3) is 0 Å². The fraction of sp³-hybridized carbons (Fsp3) is 0.562. The van der Waals surface area contributed by atoms with Gasteiger partial charge in [-0.2, -0.15) is 0 Å². The van der Waals surface area contributed by atoms with Gasteiger partial charge in [0, 0.05) is 17.5 Å².